The zero-order valence-electron chi connectivity index (χ0n) is 17.1. The van der Waals surface area contributed by atoms with Crippen molar-refractivity contribution in [2.45, 2.75) is 32.5 Å². The summed E-state index contributed by atoms with van der Waals surface area (Å²) in [6, 6.07) is 14.2. The standard InChI is InChI=1S/C22H25N3O4Si/c1-30(2)10-9-27-15-25-20(7-8-24-25)17-4-6-22(23-13-17)29-18-5-3-16-11-19(14-26)28-21(16)12-18/h3-8,11-13,26,30H,9-10,14-15H2,1-2H3. The predicted molar refractivity (Wildman–Crippen MR) is 117 cm³/mol. The maximum Gasteiger partial charge on any atom is 0.219 e. The quantitative estimate of drug-likeness (QED) is 0.317. The fourth-order valence-electron chi connectivity index (χ4n) is 3.07. The molecule has 0 saturated carbocycles. The molecule has 0 unspecified atom stereocenters. The predicted octanol–water partition coefficient (Wildman–Crippen LogP) is 4.44. The molecule has 3 aromatic heterocycles. The van der Waals surface area contributed by atoms with Crippen molar-refractivity contribution in [2.75, 3.05) is 6.61 Å². The van der Waals surface area contributed by atoms with Crippen LogP contribution in [0.15, 0.2) is 59.3 Å². The Morgan fingerprint density at radius 3 is 2.80 bits per heavy atom. The lowest BCUT2D eigenvalue weighted by molar-refractivity contribution is 0.0801. The van der Waals surface area contributed by atoms with E-state index < -0.39 is 8.80 Å². The molecule has 8 heteroatoms. The number of nitrogens with zero attached hydrogens (tertiary/aromatic N) is 3. The number of hydrogen-bond donors (Lipinski definition) is 1. The Balaban J connectivity index is 1.43. The highest BCUT2D eigenvalue weighted by Crippen LogP contribution is 2.28. The van der Waals surface area contributed by atoms with E-state index in [2.05, 4.69) is 23.2 Å². The van der Waals surface area contributed by atoms with Crippen molar-refractivity contribution in [3.63, 3.8) is 0 Å². The van der Waals surface area contributed by atoms with Gasteiger partial charge in [0.2, 0.25) is 5.88 Å². The van der Waals surface area contributed by atoms with Crippen LogP contribution in [-0.2, 0) is 18.1 Å². The van der Waals surface area contributed by atoms with Gasteiger partial charge in [-0.1, -0.05) is 13.1 Å². The summed E-state index contributed by atoms with van der Waals surface area (Å²) >= 11 is 0. The Morgan fingerprint density at radius 2 is 2.03 bits per heavy atom. The van der Waals surface area contributed by atoms with Gasteiger partial charge in [0, 0.05) is 50.9 Å². The van der Waals surface area contributed by atoms with E-state index in [1.807, 2.05) is 41.1 Å². The van der Waals surface area contributed by atoms with Gasteiger partial charge >= 0.3 is 0 Å². The van der Waals surface area contributed by atoms with E-state index in [1.54, 1.807) is 18.5 Å². The second kappa shape index (κ2) is 9.25. The highest BCUT2D eigenvalue weighted by atomic mass is 28.3. The van der Waals surface area contributed by atoms with Crippen LogP contribution in [0.5, 0.6) is 11.6 Å². The van der Waals surface area contributed by atoms with E-state index in [-0.39, 0.29) is 6.61 Å². The molecule has 4 aromatic rings. The number of hydrogen-bond acceptors (Lipinski definition) is 6. The van der Waals surface area contributed by atoms with Gasteiger partial charge < -0.3 is 19.0 Å². The van der Waals surface area contributed by atoms with Crippen LogP contribution in [0.1, 0.15) is 5.76 Å². The molecule has 0 bridgehead atoms. The Hall–Kier alpha value is -2.94. The first-order valence-electron chi connectivity index (χ1n) is 9.99. The third-order valence-corrected chi connectivity index (χ3v) is 6.11. The van der Waals surface area contributed by atoms with Gasteiger partial charge in [-0.3, -0.25) is 0 Å². The minimum Gasteiger partial charge on any atom is -0.458 e. The summed E-state index contributed by atoms with van der Waals surface area (Å²) in [6.45, 7) is 5.71. The molecule has 0 radical (unpaired) electrons. The van der Waals surface area contributed by atoms with E-state index in [1.165, 1.54) is 0 Å². The van der Waals surface area contributed by atoms with Crippen molar-refractivity contribution in [3.05, 3.63) is 60.6 Å². The maximum absolute atomic E-state index is 9.20. The second-order valence-electron chi connectivity index (χ2n) is 7.49. The number of fused-ring (bicyclic) bond motifs is 1. The van der Waals surface area contributed by atoms with Crippen molar-refractivity contribution in [3.8, 4) is 22.9 Å². The van der Waals surface area contributed by atoms with Gasteiger partial charge in [-0.05, 0) is 36.4 Å². The molecule has 0 amide bonds. The molecule has 30 heavy (non-hydrogen) atoms. The molecule has 0 spiro atoms. The second-order valence-corrected chi connectivity index (χ2v) is 10.9. The lowest BCUT2D eigenvalue weighted by atomic mass is 10.2. The Bertz CT molecular complexity index is 1110. The third-order valence-electron chi connectivity index (χ3n) is 4.72. The number of aliphatic hydroxyl groups excluding tert-OH is 1. The number of aliphatic hydroxyl groups is 1. The number of pyridine rings is 1. The van der Waals surface area contributed by atoms with Crippen LogP contribution in [0, 0.1) is 0 Å². The summed E-state index contributed by atoms with van der Waals surface area (Å²) in [5, 5.41) is 14.5. The van der Waals surface area contributed by atoms with Crippen molar-refractivity contribution in [2.24, 2.45) is 0 Å². The van der Waals surface area contributed by atoms with Crippen LogP contribution in [-0.4, -0.2) is 35.3 Å². The summed E-state index contributed by atoms with van der Waals surface area (Å²) in [4.78, 5) is 4.42. The van der Waals surface area contributed by atoms with E-state index in [9.17, 15) is 5.11 Å². The number of benzene rings is 1. The Kier molecular flexibility index (Phi) is 6.27. The molecule has 0 fully saturated rings. The largest absolute Gasteiger partial charge is 0.458 e. The van der Waals surface area contributed by atoms with Crippen LogP contribution < -0.4 is 4.74 Å². The normalized spacial score (nSPS) is 11.5. The molecule has 156 valence electrons. The molecule has 0 aliphatic rings. The maximum atomic E-state index is 9.20. The molecule has 0 aliphatic heterocycles. The van der Waals surface area contributed by atoms with Crippen LogP contribution in [0.4, 0.5) is 0 Å². The van der Waals surface area contributed by atoms with Crippen LogP contribution >= 0.6 is 0 Å². The van der Waals surface area contributed by atoms with E-state index in [4.69, 9.17) is 13.9 Å². The SMILES string of the molecule is C[SiH](C)CCOCn1nccc1-c1ccc(Oc2ccc3cc(CO)oc3c2)nc1. The minimum absolute atomic E-state index is 0.130. The third kappa shape index (κ3) is 4.78. The molecule has 1 aromatic carbocycles. The number of aromatic nitrogens is 3. The smallest absolute Gasteiger partial charge is 0.219 e. The monoisotopic (exact) mass is 423 g/mol. The van der Waals surface area contributed by atoms with Gasteiger partial charge in [0.1, 0.15) is 30.4 Å². The summed E-state index contributed by atoms with van der Waals surface area (Å²) in [7, 11) is -0.599. The summed E-state index contributed by atoms with van der Waals surface area (Å²) in [5.74, 6) is 1.63. The van der Waals surface area contributed by atoms with Crippen molar-refractivity contribution < 1.29 is 19.0 Å². The van der Waals surface area contributed by atoms with E-state index in [0.29, 0.717) is 29.7 Å². The zero-order chi connectivity index (χ0) is 20.9. The first-order valence-corrected chi connectivity index (χ1v) is 13.1. The highest BCUT2D eigenvalue weighted by molar-refractivity contribution is 6.55. The van der Waals surface area contributed by atoms with E-state index >= 15 is 0 Å². The van der Waals surface area contributed by atoms with Gasteiger partial charge in [-0.15, -0.1) is 0 Å². The Morgan fingerprint density at radius 1 is 1.13 bits per heavy atom. The highest BCUT2D eigenvalue weighted by Gasteiger charge is 2.09. The van der Waals surface area contributed by atoms with Gasteiger partial charge in [0.05, 0.1) is 5.69 Å². The van der Waals surface area contributed by atoms with Crippen molar-refractivity contribution in [1.82, 2.24) is 14.8 Å². The van der Waals surface area contributed by atoms with Crippen molar-refractivity contribution in [1.29, 1.82) is 0 Å². The fourth-order valence-corrected chi connectivity index (χ4v) is 3.71. The van der Waals surface area contributed by atoms with Gasteiger partial charge in [-0.25, -0.2) is 9.67 Å². The summed E-state index contributed by atoms with van der Waals surface area (Å²) in [5.41, 5.74) is 2.55. The molecular weight excluding hydrogens is 398 g/mol. The average molecular weight is 424 g/mol. The van der Waals surface area contributed by atoms with Crippen LogP contribution in [0.25, 0.3) is 22.2 Å². The molecule has 0 aliphatic carbocycles. The van der Waals surface area contributed by atoms with E-state index in [0.717, 1.165) is 29.3 Å². The lowest BCUT2D eigenvalue weighted by Gasteiger charge is -2.10. The molecule has 1 N–H and O–H groups in total. The lowest BCUT2D eigenvalue weighted by Crippen LogP contribution is -2.10. The number of rotatable bonds is 9. The molecule has 0 saturated heterocycles. The molecular formula is C22H25N3O4Si. The summed E-state index contributed by atoms with van der Waals surface area (Å²) in [6.07, 6.45) is 3.53. The Labute approximate surface area is 176 Å². The van der Waals surface area contributed by atoms with Gasteiger partial charge in [-0.2, -0.15) is 5.10 Å². The first kappa shape index (κ1) is 20.3. The molecule has 0 atom stereocenters. The average Bonchev–Trinajstić information content (AvgIpc) is 3.38. The van der Waals surface area contributed by atoms with Crippen LogP contribution in [0.3, 0.4) is 0 Å². The first-order chi connectivity index (χ1) is 14.6. The number of furan rings is 1. The van der Waals surface area contributed by atoms with Gasteiger partial charge in [0.15, 0.2) is 0 Å². The molecule has 4 rings (SSSR count). The molecule has 3 heterocycles. The topological polar surface area (TPSA) is 82.5 Å². The van der Waals surface area contributed by atoms with Crippen LogP contribution in [0.2, 0.25) is 19.1 Å². The molecule has 7 nitrogen and oxygen atoms in total. The minimum atomic E-state index is -0.599. The fraction of sp³-hybridized carbons (Fsp3) is 0.273. The van der Waals surface area contributed by atoms with Gasteiger partial charge in [0.25, 0.3) is 0 Å². The summed E-state index contributed by atoms with van der Waals surface area (Å²) < 4.78 is 19.0. The zero-order valence-corrected chi connectivity index (χ0v) is 18.3. The number of ether oxygens (including phenoxy) is 2. The van der Waals surface area contributed by atoms with Crippen molar-refractivity contribution >= 4 is 19.8 Å².